The van der Waals surface area contributed by atoms with Gasteiger partial charge in [0.05, 0.1) is 6.10 Å². The Hall–Kier alpha value is -1.59. The van der Waals surface area contributed by atoms with Gasteiger partial charge in [-0.1, -0.05) is 13.8 Å². The van der Waals surface area contributed by atoms with Crippen LogP contribution in [0.3, 0.4) is 0 Å². The predicted octanol–water partition coefficient (Wildman–Crippen LogP) is 2.94. The van der Waals surface area contributed by atoms with Crippen molar-refractivity contribution in [2.24, 2.45) is 5.92 Å². The van der Waals surface area contributed by atoms with Crippen LogP contribution in [0.15, 0.2) is 0 Å². The van der Waals surface area contributed by atoms with Crippen LogP contribution in [0.1, 0.15) is 48.0 Å². The molecule has 0 saturated carbocycles. The first-order chi connectivity index (χ1) is 9.40. The van der Waals surface area contributed by atoms with Crippen LogP contribution in [0.5, 0.6) is 6.01 Å². The van der Waals surface area contributed by atoms with E-state index in [2.05, 4.69) is 46.4 Å². The molecule has 1 unspecified atom stereocenters. The Morgan fingerprint density at radius 2 is 1.65 bits per heavy atom. The molecule has 0 aliphatic carbocycles. The van der Waals surface area contributed by atoms with Gasteiger partial charge in [-0.25, -0.2) is 0 Å². The molecule has 6 nitrogen and oxygen atoms in total. The van der Waals surface area contributed by atoms with E-state index in [0.29, 0.717) is 29.9 Å². The lowest BCUT2D eigenvalue weighted by molar-refractivity contribution is 0.222. The molecule has 0 radical (unpaired) electrons. The summed E-state index contributed by atoms with van der Waals surface area (Å²) < 4.78 is 5.56. The number of hydrogen-bond donors (Lipinski definition) is 2. The summed E-state index contributed by atoms with van der Waals surface area (Å²) in [6.07, 6.45) is 1.09. The van der Waals surface area contributed by atoms with Crippen molar-refractivity contribution in [2.45, 2.75) is 60.1 Å². The van der Waals surface area contributed by atoms with Crippen molar-refractivity contribution in [2.75, 3.05) is 17.2 Å². The molecular formula is C14H27N5O. The second kappa shape index (κ2) is 7.87. The van der Waals surface area contributed by atoms with Crippen LogP contribution >= 0.6 is 0 Å². The molecule has 1 rings (SSSR count). The van der Waals surface area contributed by atoms with Crippen molar-refractivity contribution in [3.63, 3.8) is 0 Å². The smallest absolute Gasteiger partial charge is 0.323 e. The van der Waals surface area contributed by atoms with Crippen LogP contribution in [0.4, 0.5) is 11.9 Å². The topological polar surface area (TPSA) is 72.0 Å². The molecule has 0 amide bonds. The van der Waals surface area contributed by atoms with E-state index in [1.165, 1.54) is 0 Å². The molecule has 1 aromatic heterocycles. The van der Waals surface area contributed by atoms with Gasteiger partial charge in [-0.05, 0) is 40.0 Å². The Balaban J connectivity index is 2.84. The summed E-state index contributed by atoms with van der Waals surface area (Å²) in [7, 11) is 0. The summed E-state index contributed by atoms with van der Waals surface area (Å²) in [6.45, 7) is 13.2. The number of rotatable bonds is 8. The van der Waals surface area contributed by atoms with Crippen LogP contribution in [0.2, 0.25) is 0 Å². The number of ether oxygens (including phenoxy) is 1. The van der Waals surface area contributed by atoms with Gasteiger partial charge >= 0.3 is 6.01 Å². The van der Waals surface area contributed by atoms with E-state index in [-0.39, 0.29) is 6.10 Å². The maximum atomic E-state index is 5.56. The van der Waals surface area contributed by atoms with Crippen LogP contribution in [0.25, 0.3) is 0 Å². The molecule has 2 N–H and O–H groups in total. The normalized spacial score (nSPS) is 12.6. The molecule has 0 spiro atoms. The Labute approximate surface area is 121 Å². The summed E-state index contributed by atoms with van der Waals surface area (Å²) in [6, 6.07) is 0.656. The molecule has 0 aliphatic rings. The molecule has 6 heteroatoms. The standard InChI is InChI=1S/C14H27N5O/c1-7-15-12-17-13(16-11(6)8-9(2)3)19-14(18-12)20-10(4)5/h9-11H,7-8H2,1-6H3,(H2,15,16,17,18,19). The van der Waals surface area contributed by atoms with Crippen LogP contribution < -0.4 is 15.4 Å². The van der Waals surface area contributed by atoms with Gasteiger partial charge < -0.3 is 15.4 Å². The Bertz CT molecular complexity index is 409. The Morgan fingerprint density at radius 3 is 2.20 bits per heavy atom. The zero-order chi connectivity index (χ0) is 15.1. The van der Waals surface area contributed by atoms with Crippen LogP contribution in [-0.4, -0.2) is 33.6 Å². The molecule has 0 saturated heterocycles. The predicted molar refractivity (Wildman–Crippen MR) is 82.3 cm³/mol. The van der Waals surface area contributed by atoms with Crippen molar-refractivity contribution in [3.8, 4) is 6.01 Å². The minimum absolute atomic E-state index is 0.0350. The molecule has 0 aliphatic heterocycles. The summed E-state index contributed by atoms with van der Waals surface area (Å²) in [5.41, 5.74) is 0. The quantitative estimate of drug-likeness (QED) is 0.763. The highest BCUT2D eigenvalue weighted by molar-refractivity contribution is 5.36. The van der Waals surface area contributed by atoms with Gasteiger partial charge in [-0.3, -0.25) is 0 Å². The first kappa shape index (κ1) is 16.5. The third kappa shape index (κ3) is 6.04. The summed E-state index contributed by atoms with van der Waals surface area (Å²) in [5.74, 6) is 1.72. The second-order valence-corrected chi connectivity index (χ2v) is 5.64. The monoisotopic (exact) mass is 281 g/mol. The summed E-state index contributed by atoms with van der Waals surface area (Å²) in [5, 5.41) is 6.40. The lowest BCUT2D eigenvalue weighted by Gasteiger charge is -2.17. The third-order valence-electron chi connectivity index (χ3n) is 2.49. The van der Waals surface area contributed by atoms with Gasteiger partial charge in [0.15, 0.2) is 0 Å². The lowest BCUT2D eigenvalue weighted by Crippen LogP contribution is -2.20. The highest BCUT2D eigenvalue weighted by atomic mass is 16.5. The fourth-order valence-corrected chi connectivity index (χ4v) is 1.91. The number of aromatic nitrogens is 3. The van der Waals surface area contributed by atoms with E-state index in [1.807, 2.05) is 20.8 Å². The molecule has 0 aromatic carbocycles. The Morgan fingerprint density at radius 1 is 1.00 bits per heavy atom. The SMILES string of the molecule is CCNc1nc(NC(C)CC(C)C)nc(OC(C)C)n1. The average Bonchev–Trinajstić information content (AvgIpc) is 2.26. The molecular weight excluding hydrogens is 254 g/mol. The maximum Gasteiger partial charge on any atom is 0.323 e. The Kier molecular flexibility index (Phi) is 6.48. The maximum absolute atomic E-state index is 5.56. The van der Waals surface area contributed by atoms with Crippen molar-refractivity contribution in [3.05, 3.63) is 0 Å². The highest BCUT2D eigenvalue weighted by Crippen LogP contribution is 2.15. The van der Waals surface area contributed by atoms with Gasteiger partial charge in [0.1, 0.15) is 0 Å². The van der Waals surface area contributed by atoms with Gasteiger partial charge in [-0.2, -0.15) is 15.0 Å². The van der Waals surface area contributed by atoms with E-state index in [1.54, 1.807) is 0 Å². The molecule has 1 heterocycles. The highest BCUT2D eigenvalue weighted by Gasteiger charge is 2.11. The largest absolute Gasteiger partial charge is 0.461 e. The number of hydrogen-bond acceptors (Lipinski definition) is 6. The number of nitrogens with one attached hydrogen (secondary N) is 2. The summed E-state index contributed by atoms with van der Waals surface area (Å²) in [4.78, 5) is 12.9. The lowest BCUT2D eigenvalue weighted by atomic mass is 10.1. The zero-order valence-electron chi connectivity index (χ0n) is 13.4. The van der Waals surface area contributed by atoms with E-state index < -0.39 is 0 Å². The first-order valence-electron chi connectivity index (χ1n) is 7.33. The second-order valence-electron chi connectivity index (χ2n) is 5.64. The number of anilines is 2. The fraction of sp³-hybridized carbons (Fsp3) is 0.786. The minimum Gasteiger partial charge on any atom is -0.461 e. The van der Waals surface area contributed by atoms with Gasteiger partial charge in [0, 0.05) is 12.6 Å². The molecule has 1 aromatic rings. The molecule has 114 valence electrons. The van der Waals surface area contributed by atoms with Gasteiger partial charge in [0.2, 0.25) is 11.9 Å². The fourth-order valence-electron chi connectivity index (χ4n) is 1.91. The average molecular weight is 281 g/mol. The van der Waals surface area contributed by atoms with Crippen LogP contribution in [0, 0.1) is 5.92 Å². The van der Waals surface area contributed by atoms with Crippen molar-refractivity contribution < 1.29 is 4.74 Å². The van der Waals surface area contributed by atoms with Crippen LogP contribution in [-0.2, 0) is 0 Å². The van der Waals surface area contributed by atoms with Crippen molar-refractivity contribution >= 4 is 11.9 Å². The van der Waals surface area contributed by atoms with Crippen molar-refractivity contribution in [1.82, 2.24) is 15.0 Å². The van der Waals surface area contributed by atoms with Gasteiger partial charge in [0.25, 0.3) is 0 Å². The molecule has 20 heavy (non-hydrogen) atoms. The van der Waals surface area contributed by atoms with Gasteiger partial charge in [-0.15, -0.1) is 0 Å². The molecule has 1 atom stereocenters. The third-order valence-corrected chi connectivity index (χ3v) is 2.49. The van der Waals surface area contributed by atoms with E-state index in [9.17, 15) is 0 Å². The minimum atomic E-state index is 0.0350. The van der Waals surface area contributed by atoms with E-state index >= 15 is 0 Å². The van der Waals surface area contributed by atoms with Crippen molar-refractivity contribution in [1.29, 1.82) is 0 Å². The molecule has 0 fully saturated rings. The van der Waals surface area contributed by atoms with E-state index in [0.717, 1.165) is 13.0 Å². The zero-order valence-corrected chi connectivity index (χ0v) is 13.4. The molecule has 0 bridgehead atoms. The number of nitrogens with zero attached hydrogens (tertiary/aromatic N) is 3. The van der Waals surface area contributed by atoms with E-state index in [4.69, 9.17) is 4.74 Å². The first-order valence-corrected chi connectivity index (χ1v) is 7.33. The summed E-state index contributed by atoms with van der Waals surface area (Å²) >= 11 is 0.